The molecule has 0 radical (unpaired) electrons. The molecule has 0 spiro atoms. The van der Waals surface area contributed by atoms with Gasteiger partial charge in [0, 0.05) is 12.4 Å². The minimum atomic E-state index is -1.15. The van der Waals surface area contributed by atoms with E-state index in [4.69, 9.17) is 0 Å². The van der Waals surface area contributed by atoms with Gasteiger partial charge in [-0.2, -0.15) is 0 Å². The number of carboxylic acid groups (broad SMARTS) is 1. The molecule has 1 saturated carbocycles. The number of fused-ring (bicyclic) bond motifs is 1. The molecule has 6 nitrogen and oxygen atoms in total. The van der Waals surface area contributed by atoms with Crippen LogP contribution in [0.15, 0.2) is 30.6 Å². The lowest BCUT2D eigenvalue weighted by molar-refractivity contribution is -0.145. The highest BCUT2D eigenvalue weighted by molar-refractivity contribution is 5.96. The third-order valence-corrected chi connectivity index (χ3v) is 4.07. The number of carbonyl (C=O) groups is 2. The second kappa shape index (κ2) is 5.20. The van der Waals surface area contributed by atoms with Crippen LogP contribution in [-0.4, -0.2) is 31.9 Å². The van der Waals surface area contributed by atoms with E-state index in [9.17, 15) is 14.7 Å². The predicted octanol–water partition coefficient (Wildman–Crippen LogP) is 1.85. The Kier molecular flexibility index (Phi) is 3.37. The normalized spacial score (nSPS) is 17.5. The molecule has 2 N–H and O–H groups in total. The lowest BCUT2D eigenvalue weighted by Crippen LogP contribution is -2.55. The van der Waals surface area contributed by atoms with E-state index >= 15 is 0 Å². The molecule has 1 fully saturated rings. The number of aromatic nitrogens is 2. The zero-order chi connectivity index (χ0) is 14.9. The smallest absolute Gasteiger partial charge is 0.329 e. The number of carbonyl (C=O) groups excluding carboxylic acids is 1. The molecule has 2 heterocycles. The first kappa shape index (κ1) is 13.6. The van der Waals surface area contributed by atoms with Crippen molar-refractivity contribution in [2.45, 2.75) is 37.6 Å². The summed E-state index contributed by atoms with van der Waals surface area (Å²) in [5.74, 6) is -1.39. The molecule has 0 aliphatic heterocycles. The quantitative estimate of drug-likeness (QED) is 0.902. The summed E-state index contributed by atoms with van der Waals surface area (Å²) < 4.78 is 1.74. The number of rotatable bonds is 3. The van der Waals surface area contributed by atoms with Crippen molar-refractivity contribution in [3.05, 3.63) is 36.3 Å². The molecule has 0 saturated heterocycles. The van der Waals surface area contributed by atoms with E-state index in [2.05, 4.69) is 10.3 Å². The number of nitrogens with zero attached hydrogens (tertiary/aromatic N) is 2. The zero-order valence-corrected chi connectivity index (χ0v) is 11.6. The van der Waals surface area contributed by atoms with E-state index in [1.165, 1.54) is 0 Å². The van der Waals surface area contributed by atoms with Crippen molar-refractivity contribution < 1.29 is 14.7 Å². The summed E-state index contributed by atoms with van der Waals surface area (Å²) in [6, 6.07) is 5.48. The molecule has 0 unspecified atom stereocenters. The number of amides is 1. The van der Waals surface area contributed by atoms with E-state index in [1.54, 1.807) is 22.9 Å². The van der Waals surface area contributed by atoms with Gasteiger partial charge in [0.15, 0.2) is 0 Å². The van der Waals surface area contributed by atoms with Crippen LogP contribution in [0.3, 0.4) is 0 Å². The Labute approximate surface area is 121 Å². The number of imidazole rings is 1. The first-order valence-electron chi connectivity index (χ1n) is 7.10. The minimum Gasteiger partial charge on any atom is -0.480 e. The molecular weight excluding hydrogens is 270 g/mol. The molecule has 21 heavy (non-hydrogen) atoms. The van der Waals surface area contributed by atoms with Gasteiger partial charge >= 0.3 is 5.97 Å². The second-order valence-electron chi connectivity index (χ2n) is 5.49. The van der Waals surface area contributed by atoms with Gasteiger partial charge < -0.3 is 14.8 Å². The van der Waals surface area contributed by atoms with Crippen LogP contribution in [0.25, 0.3) is 5.65 Å². The van der Waals surface area contributed by atoms with E-state index in [0.717, 1.165) is 19.3 Å². The van der Waals surface area contributed by atoms with Crippen molar-refractivity contribution >= 4 is 17.5 Å². The average molecular weight is 287 g/mol. The molecule has 2 aromatic rings. The third-order valence-electron chi connectivity index (χ3n) is 4.07. The summed E-state index contributed by atoms with van der Waals surface area (Å²) in [6.07, 6.45) is 7.01. The Morgan fingerprint density at radius 3 is 2.67 bits per heavy atom. The van der Waals surface area contributed by atoms with Crippen molar-refractivity contribution in [1.82, 2.24) is 14.7 Å². The average Bonchev–Trinajstić information content (AvgIpc) is 2.92. The fourth-order valence-corrected chi connectivity index (χ4v) is 2.87. The van der Waals surface area contributed by atoms with Crippen molar-refractivity contribution in [3.63, 3.8) is 0 Å². The van der Waals surface area contributed by atoms with Gasteiger partial charge in [-0.3, -0.25) is 4.79 Å². The molecule has 110 valence electrons. The minimum absolute atomic E-state index is 0.243. The van der Waals surface area contributed by atoms with Gasteiger partial charge in [0.2, 0.25) is 0 Å². The summed E-state index contributed by atoms with van der Waals surface area (Å²) >= 11 is 0. The Morgan fingerprint density at radius 1 is 1.24 bits per heavy atom. The van der Waals surface area contributed by atoms with E-state index in [-0.39, 0.29) is 5.69 Å². The molecule has 0 bridgehead atoms. The number of pyridine rings is 1. The van der Waals surface area contributed by atoms with Gasteiger partial charge in [-0.1, -0.05) is 25.3 Å². The summed E-state index contributed by atoms with van der Waals surface area (Å²) in [4.78, 5) is 28.1. The van der Waals surface area contributed by atoms with Crippen LogP contribution in [0.5, 0.6) is 0 Å². The van der Waals surface area contributed by atoms with Crippen LogP contribution in [0.4, 0.5) is 0 Å². The maximum atomic E-state index is 12.3. The van der Waals surface area contributed by atoms with E-state index < -0.39 is 17.4 Å². The van der Waals surface area contributed by atoms with Gasteiger partial charge in [0.1, 0.15) is 16.9 Å². The lowest BCUT2D eigenvalue weighted by Gasteiger charge is -2.33. The highest BCUT2D eigenvalue weighted by atomic mass is 16.4. The van der Waals surface area contributed by atoms with Gasteiger partial charge in [-0.25, -0.2) is 9.78 Å². The van der Waals surface area contributed by atoms with E-state index in [1.807, 2.05) is 12.1 Å². The Hall–Kier alpha value is -2.37. The number of aliphatic carboxylic acids is 1. The molecule has 2 aromatic heterocycles. The molecule has 1 aliphatic carbocycles. The van der Waals surface area contributed by atoms with E-state index in [0.29, 0.717) is 18.5 Å². The monoisotopic (exact) mass is 287 g/mol. The Morgan fingerprint density at radius 2 is 2.00 bits per heavy atom. The number of hydrogen-bond donors (Lipinski definition) is 2. The standard InChI is InChI=1S/C15H17N3O3/c19-13(11-10-18-9-5-2-6-12(18)16-11)17-15(14(20)21)7-3-1-4-8-15/h2,5-6,9-10H,1,3-4,7-8H2,(H,17,19)(H,20,21). The molecule has 0 atom stereocenters. The van der Waals surface area contributed by atoms with Gasteiger partial charge in [-0.05, 0) is 25.0 Å². The topological polar surface area (TPSA) is 83.7 Å². The summed E-state index contributed by atoms with van der Waals surface area (Å²) in [6.45, 7) is 0. The van der Waals surface area contributed by atoms with Gasteiger partial charge in [0.05, 0.1) is 0 Å². The van der Waals surface area contributed by atoms with Gasteiger partial charge in [-0.15, -0.1) is 0 Å². The molecule has 3 rings (SSSR count). The molecule has 1 aliphatic rings. The predicted molar refractivity (Wildman–Crippen MR) is 76.1 cm³/mol. The first-order chi connectivity index (χ1) is 10.1. The number of hydrogen-bond acceptors (Lipinski definition) is 3. The van der Waals surface area contributed by atoms with Crippen LogP contribution >= 0.6 is 0 Å². The molecule has 6 heteroatoms. The summed E-state index contributed by atoms with van der Waals surface area (Å²) in [5.41, 5.74) is -0.242. The van der Waals surface area contributed by atoms with Crippen molar-refractivity contribution in [3.8, 4) is 0 Å². The Balaban J connectivity index is 1.85. The molecular formula is C15H17N3O3. The lowest BCUT2D eigenvalue weighted by atomic mass is 9.81. The van der Waals surface area contributed by atoms with Crippen LogP contribution in [0, 0.1) is 0 Å². The van der Waals surface area contributed by atoms with Crippen LogP contribution in [0.1, 0.15) is 42.6 Å². The zero-order valence-electron chi connectivity index (χ0n) is 11.6. The maximum absolute atomic E-state index is 12.3. The first-order valence-corrected chi connectivity index (χ1v) is 7.10. The fraction of sp³-hybridized carbons (Fsp3) is 0.400. The highest BCUT2D eigenvalue weighted by Gasteiger charge is 2.41. The van der Waals surface area contributed by atoms with Crippen LogP contribution in [-0.2, 0) is 4.79 Å². The van der Waals surface area contributed by atoms with Crippen molar-refractivity contribution in [1.29, 1.82) is 0 Å². The number of carboxylic acids is 1. The van der Waals surface area contributed by atoms with Gasteiger partial charge in [0.25, 0.3) is 5.91 Å². The SMILES string of the molecule is O=C(NC1(C(=O)O)CCCCC1)c1cn2ccccc2n1. The number of nitrogens with one attached hydrogen (secondary N) is 1. The molecule has 1 amide bonds. The fourth-order valence-electron chi connectivity index (χ4n) is 2.87. The largest absolute Gasteiger partial charge is 0.480 e. The maximum Gasteiger partial charge on any atom is 0.329 e. The Bertz CT molecular complexity index is 653. The third kappa shape index (κ3) is 2.49. The van der Waals surface area contributed by atoms with Crippen LogP contribution < -0.4 is 5.32 Å². The highest BCUT2D eigenvalue weighted by Crippen LogP contribution is 2.28. The molecule has 0 aromatic carbocycles. The van der Waals surface area contributed by atoms with Crippen LogP contribution in [0.2, 0.25) is 0 Å². The summed E-state index contributed by atoms with van der Waals surface area (Å²) in [5, 5.41) is 12.2. The van der Waals surface area contributed by atoms with Crippen molar-refractivity contribution in [2.75, 3.05) is 0 Å². The summed E-state index contributed by atoms with van der Waals surface area (Å²) in [7, 11) is 0. The second-order valence-corrected chi connectivity index (χ2v) is 5.49. The van der Waals surface area contributed by atoms with Crippen molar-refractivity contribution in [2.24, 2.45) is 0 Å².